The highest BCUT2D eigenvalue weighted by Crippen LogP contribution is 2.22. The lowest BCUT2D eigenvalue weighted by molar-refractivity contribution is -0.134. The Morgan fingerprint density at radius 3 is 2.30 bits per heavy atom. The van der Waals surface area contributed by atoms with Crippen LogP contribution in [-0.2, 0) is 11.2 Å². The summed E-state index contributed by atoms with van der Waals surface area (Å²) in [5, 5.41) is 5.53. The zero-order chi connectivity index (χ0) is 14.3. The van der Waals surface area contributed by atoms with Gasteiger partial charge in [-0.3, -0.25) is 4.79 Å². The molecule has 3 nitrogen and oxygen atoms in total. The molecule has 0 heterocycles. The highest BCUT2D eigenvalue weighted by molar-refractivity contribution is 5.90. The molecule has 2 N–H and O–H groups in total. The van der Waals surface area contributed by atoms with E-state index in [2.05, 4.69) is 10.6 Å². The Kier molecular flexibility index (Phi) is 8.25. The molecule has 1 rings (SSSR count). The molecule has 1 aromatic carbocycles. The van der Waals surface area contributed by atoms with E-state index >= 15 is 0 Å². The average Bonchev–Trinajstić information content (AvgIpc) is 2.34. The molecule has 0 aliphatic carbocycles. The van der Waals surface area contributed by atoms with Crippen molar-refractivity contribution in [2.45, 2.75) is 25.4 Å². The quantitative estimate of drug-likeness (QED) is 0.847. The maximum absolute atomic E-state index is 12.0. The molecule has 0 bridgehead atoms. The SMILES string of the molecule is CNCCC(=O)Nc1ccc(CCC(F)(F)F)cc1.Cl. The van der Waals surface area contributed by atoms with Crippen molar-refractivity contribution >= 4 is 24.0 Å². The molecule has 0 aliphatic rings. The summed E-state index contributed by atoms with van der Waals surface area (Å²) in [6.07, 6.45) is -4.66. The number of alkyl halides is 3. The number of benzene rings is 1. The first-order valence-corrected chi connectivity index (χ1v) is 6.01. The number of amides is 1. The first-order valence-electron chi connectivity index (χ1n) is 6.01. The molecule has 114 valence electrons. The van der Waals surface area contributed by atoms with Crippen LogP contribution in [0.3, 0.4) is 0 Å². The minimum absolute atomic E-state index is 0. The van der Waals surface area contributed by atoms with E-state index in [1.54, 1.807) is 31.3 Å². The molecule has 0 saturated heterocycles. The van der Waals surface area contributed by atoms with Crippen LogP contribution in [0, 0.1) is 0 Å². The van der Waals surface area contributed by atoms with Gasteiger partial charge in [0, 0.05) is 25.1 Å². The third-order valence-electron chi connectivity index (χ3n) is 2.54. The summed E-state index contributed by atoms with van der Waals surface area (Å²) in [7, 11) is 1.75. The zero-order valence-electron chi connectivity index (χ0n) is 11.1. The van der Waals surface area contributed by atoms with Crippen molar-refractivity contribution in [2.24, 2.45) is 0 Å². The third kappa shape index (κ3) is 8.01. The summed E-state index contributed by atoms with van der Waals surface area (Å²) < 4.78 is 36.1. The molecular weight excluding hydrogens is 293 g/mol. The van der Waals surface area contributed by atoms with E-state index in [1.807, 2.05) is 0 Å². The van der Waals surface area contributed by atoms with Gasteiger partial charge in [-0.05, 0) is 31.2 Å². The van der Waals surface area contributed by atoms with Gasteiger partial charge in [-0.15, -0.1) is 12.4 Å². The van der Waals surface area contributed by atoms with Crippen molar-refractivity contribution in [3.05, 3.63) is 29.8 Å². The highest BCUT2D eigenvalue weighted by atomic mass is 35.5. The monoisotopic (exact) mass is 310 g/mol. The van der Waals surface area contributed by atoms with E-state index in [-0.39, 0.29) is 24.7 Å². The fraction of sp³-hybridized carbons (Fsp3) is 0.462. The molecule has 0 aliphatic heterocycles. The predicted octanol–water partition coefficient (Wildman–Crippen LogP) is 3.15. The molecule has 1 amide bonds. The molecular formula is C13H18ClF3N2O. The van der Waals surface area contributed by atoms with Crippen LogP contribution in [0.4, 0.5) is 18.9 Å². The van der Waals surface area contributed by atoms with Gasteiger partial charge in [0.1, 0.15) is 0 Å². The largest absolute Gasteiger partial charge is 0.389 e. The van der Waals surface area contributed by atoms with Gasteiger partial charge in [0.15, 0.2) is 0 Å². The Morgan fingerprint density at radius 1 is 1.20 bits per heavy atom. The summed E-state index contributed by atoms with van der Waals surface area (Å²) >= 11 is 0. The summed E-state index contributed by atoms with van der Waals surface area (Å²) in [6.45, 7) is 0.579. The third-order valence-corrected chi connectivity index (χ3v) is 2.54. The number of aryl methyl sites for hydroxylation is 1. The van der Waals surface area contributed by atoms with Crippen LogP contribution in [0.2, 0.25) is 0 Å². The molecule has 0 saturated carbocycles. The minimum atomic E-state index is -4.14. The smallest absolute Gasteiger partial charge is 0.326 e. The van der Waals surface area contributed by atoms with Crippen LogP contribution < -0.4 is 10.6 Å². The zero-order valence-corrected chi connectivity index (χ0v) is 11.9. The van der Waals surface area contributed by atoms with Gasteiger partial charge in [0.25, 0.3) is 0 Å². The fourth-order valence-corrected chi connectivity index (χ4v) is 1.50. The van der Waals surface area contributed by atoms with Gasteiger partial charge in [-0.2, -0.15) is 13.2 Å². The predicted molar refractivity (Wildman–Crippen MR) is 75.2 cm³/mol. The molecule has 7 heteroatoms. The highest BCUT2D eigenvalue weighted by Gasteiger charge is 2.26. The molecule has 0 atom stereocenters. The van der Waals surface area contributed by atoms with Gasteiger partial charge in [-0.1, -0.05) is 12.1 Å². The van der Waals surface area contributed by atoms with Crippen LogP contribution >= 0.6 is 12.4 Å². The Balaban J connectivity index is 0.00000361. The summed E-state index contributed by atoms with van der Waals surface area (Å²) in [5.41, 5.74) is 1.20. The van der Waals surface area contributed by atoms with Crippen LogP contribution in [0.1, 0.15) is 18.4 Å². The lowest BCUT2D eigenvalue weighted by atomic mass is 10.1. The van der Waals surface area contributed by atoms with E-state index in [0.717, 1.165) is 0 Å². The van der Waals surface area contributed by atoms with Crippen LogP contribution in [0.5, 0.6) is 0 Å². The van der Waals surface area contributed by atoms with Gasteiger partial charge >= 0.3 is 6.18 Å². The Morgan fingerprint density at radius 2 is 1.80 bits per heavy atom. The fourth-order valence-electron chi connectivity index (χ4n) is 1.50. The lowest BCUT2D eigenvalue weighted by Gasteiger charge is -2.08. The average molecular weight is 311 g/mol. The topological polar surface area (TPSA) is 41.1 Å². The van der Waals surface area contributed by atoms with Crippen molar-refractivity contribution < 1.29 is 18.0 Å². The maximum atomic E-state index is 12.0. The Bertz CT molecular complexity index is 407. The molecule has 1 aromatic rings. The number of hydrogen-bond donors (Lipinski definition) is 2. The Hall–Kier alpha value is -1.27. The Labute approximate surface area is 122 Å². The second kappa shape index (κ2) is 8.81. The number of halogens is 4. The van der Waals surface area contributed by atoms with Crippen molar-refractivity contribution in [1.82, 2.24) is 5.32 Å². The second-order valence-corrected chi connectivity index (χ2v) is 4.21. The number of carbonyl (C=O) groups excluding carboxylic acids is 1. The first kappa shape index (κ1) is 18.7. The van der Waals surface area contributed by atoms with Crippen LogP contribution in [0.15, 0.2) is 24.3 Å². The maximum Gasteiger partial charge on any atom is 0.389 e. The normalized spacial score (nSPS) is 10.8. The first-order chi connectivity index (χ1) is 8.90. The van der Waals surface area contributed by atoms with Crippen molar-refractivity contribution in [1.29, 1.82) is 0 Å². The summed E-state index contributed by atoms with van der Waals surface area (Å²) in [6, 6.07) is 6.42. The molecule has 0 aromatic heterocycles. The van der Waals surface area contributed by atoms with Crippen molar-refractivity contribution in [2.75, 3.05) is 18.9 Å². The molecule has 0 radical (unpaired) electrons. The molecule has 20 heavy (non-hydrogen) atoms. The van der Waals surface area contributed by atoms with E-state index in [4.69, 9.17) is 0 Å². The van der Waals surface area contributed by atoms with Crippen molar-refractivity contribution in [3.8, 4) is 0 Å². The van der Waals surface area contributed by atoms with E-state index in [1.165, 1.54) is 0 Å². The second-order valence-electron chi connectivity index (χ2n) is 4.21. The summed E-state index contributed by atoms with van der Waals surface area (Å²) in [4.78, 5) is 11.4. The van der Waals surface area contributed by atoms with Gasteiger partial charge in [0.05, 0.1) is 0 Å². The van der Waals surface area contributed by atoms with E-state index in [9.17, 15) is 18.0 Å². The number of anilines is 1. The standard InChI is InChI=1S/C13H17F3N2O.ClH/c1-17-9-7-12(19)18-11-4-2-10(3-5-11)6-8-13(14,15)16;/h2-5,17H,6-9H2,1H3,(H,18,19);1H. The van der Waals surface area contributed by atoms with Crippen LogP contribution in [0.25, 0.3) is 0 Å². The minimum Gasteiger partial charge on any atom is -0.326 e. The lowest BCUT2D eigenvalue weighted by Crippen LogP contribution is -2.18. The van der Waals surface area contributed by atoms with Crippen molar-refractivity contribution in [3.63, 3.8) is 0 Å². The number of nitrogens with one attached hydrogen (secondary N) is 2. The molecule has 0 spiro atoms. The van der Waals surface area contributed by atoms with Crippen LogP contribution in [-0.4, -0.2) is 25.7 Å². The van der Waals surface area contributed by atoms with E-state index in [0.29, 0.717) is 24.2 Å². The summed E-state index contributed by atoms with van der Waals surface area (Å²) in [5.74, 6) is -0.127. The molecule has 0 unspecified atom stereocenters. The van der Waals surface area contributed by atoms with Gasteiger partial charge < -0.3 is 10.6 Å². The molecule has 0 fully saturated rings. The number of hydrogen-bond acceptors (Lipinski definition) is 2. The number of carbonyl (C=O) groups is 1. The van der Waals surface area contributed by atoms with Gasteiger partial charge in [-0.25, -0.2) is 0 Å². The number of rotatable bonds is 6. The van der Waals surface area contributed by atoms with E-state index < -0.39 is 12.6 Å². The van der Waals surface area contributed by atoms with Gasteiger partial charge in [0.2, 0.25) is 5.91 Å².